The van der Waals surface area contributed by atoms with E-state index in [1.165, 1.54) is 5.56 Å². The van der Waals surface area contributed by atoms with Gasteiger partial charge in [0.25, 0.3) is 0 Å². The van der Waals surface area contributed by atoms with Crippen molar-refractivity contribution in [3.05, 3.63) is 35.9 Å². The number of hydroxylamine groups is 2. The average Bonchev–Trinajstić information content (AvgIpc) is 3.04. The molecule has 3 saturated heterocycles. The van der Waals surface area contributed by atoms with E-state index >= 15 is 0 Å². The van der Waals surface area contributed by atoms with E-state index in [0.29, 0.717) is 26.4 Å². The van der Waals surface area contributed by atoms with E-state index in [-0.39, 0.29) is 29.3 Å². The first-order valence-electron chi connectivity index (χ1n) is 10.1. The Morgan fingerprint density at radius 3 is 2.59 bits per heavy atom. The molecule has 4 atom stereocenters. The number of rotatable bonds is 5. The fraction of sp³-hybridized carbons (Fsp3) is 0.727. The number of hydrogen-bond donors (Lipinski definition) is 0. The molecule has 5 heteroatoms. The van der Waals surface area contributed by atoms with E-state index in [2.05, 4.69) is 58.9 Å². The zero-order chi connectivity index (χ0) is 19.3. The summed E-state index contributed by atoms with van der Waals surface area (Å²) in [6.45, 7) is 13.6. The highest BCUT2D eigenvalue weighted by Gasteiger charge is 2.71. The highest BCUT2D eigenvalue weighted by Crippen LogP contribution is 2.54. The molecule has 3 fully saturated rings. The van der Waals surface area contributed by atoms with Crippen LogP contribution in [0.3, 0.4) is 0 Å². The molecule has 27 heavy (non-hydrogen) atoms. The first-order chi connectivity index (χ1) is 12.7. The summed E-state index contributed by atoms with van der Waals surface area (Å²) < 4.78 is 19.3. The van der Waals surface area contributed by atoms with Crippen LogP contribution in [0, 0.1) is 11.3 Å². The molecule has 0 bridgehead atoms. The number of nitrogens with zero attached hydrogens (tertiary/aromatic N) is 1. The van der Waals surface area contributed by atoms with Gasteiger partial charge in [-0.25, -0.2) is 0 Å². The third-order valence-electron chi connectivity index (χ3n) is 6.18. The van der Waals surface area contributed by atoms with Crippen molar-refractivity contribution in [3.8, 4) is 0 Å². The minimum absolute atomic E-state index is 0.0513. The summed E-state index contributed by atoms with van der Waals surface area (Å²) >= 11 is 0. The highest BCUT2D eigenvalue weighted by molar-refractivity contribution is 5.18. The lowest BCUT2D eigenvalue weighted by molar-refractivity contribution is -0.343. The van der Waals surface area contributed by atoms with Gasteiger partial charge in [0.05, 0.1) is 25.4 Å². The predicted molar refractivity (Wildman–Crippen MR) is 103 cm³/mol. The molecule has 0 unspecified atom stereocenters. The van der Waals surface area contributed by atoms with Crippen LogP contribution < -0.4 is 0 Å². The molecule has 0 N–H and O–H groups in total. The normalized spacial score (nSPS) is 35.4. The standard InChI is InChI=1S/C22H33NO4/c1-20(2,3)11-12-25-22-17-14-26-23(13-16-9-7-6-8-10-16)19(22)24-15-18(22)27-21(17,4)5/h6-10,17-19H,11-15H2,1-5H3/t17-,18-,19+,22+/m1/s1. The summed E-state index contributed by atoms with van der Waals surface area (Å²) in [7, 11) is 0. The van der Waals surface area contributed by atoms with E-state index in [0.717, 1.165) is 6.42 Å². The summed E-state index contributed by atoms with van der Waals surface area (Å²) in [5.41, 5.74) is 0.677. The van der Waals surface area contributed by atoms with E-state index in [9.17, 15) is 0 Å². The van der Waals surface area contributed by atoms with Gasteiger partial charge in [0.2, 0.25) is 0 Å². The third-order valence-corrected chi connectivity index (χ3v) is 6.18. The Kier molecular flexibility index (Phi) is 4.88. The minimum Gasteiger partial charge on any atom is -0.367 e. The van der Waals surface area contributed by atoms with Crippen molar-refractivity contribution >= 4 is 0 Å². The van der Waals surface area contributed by atoms with E-state index < -0.39 is 5.60 Å². The molecule has 1 aromatic carbocycles. The third kappa shape index (κ3) is 3.45. The molecule has 0 amide bonds. The molecule has 5 nitrogen and oxygen atoms in total. The van der Waals surface area contributed by atoms with Crippen LogP contribution in [0.5, 0.6) is 0 Å². The maximum Gasteiger partial charge on any atom is 0.165 e. The zero-order valence-electron chi connectivity index (χ0n) is 17.2. The summed E-state index contributed by atoms with van der Waals surface area (Å²) in [6, 6.07) is 10.4. The topological polar surface area (TPSA) is 40.2 Å². The molecule has 4 rings (SSSR count). The molecular weight excluding hydrogens is 342 g/mol. The summed E-state index contributed by atoms with van der Waals surface area (Å²) in [5.74, 6) is 0.148. The SMILES string of the molecule is CC(C)(C)CCO[C@]12[C@@H]3OC[C@H]1OC(C)(C)[C@H]2CON3Cc1ccccc1. The minimum atomic E-state index is -0.470. The van der Waals surface area contributed by atoms with Crippen molar-refractivity contribution in [2.45, 2.75) is 71.1 Å². The maximum absolute atomic E-state index is 6.69. The highest BCUT2D eigenvalue weighted by atomic mass is 16.7. The summed E-state index contributed by atoms with van der Waals surface area (Å²) in [6.07, 6.45) is 0.703. The van der Waals surface area contributed by atoms with Crippen molar-refractivity contribution in [3.63, 3.8) is 0 Å². The Labute approximate surface area is 162 Å². The van der Waals surface area contributed by atoms with Gasteiger partial charge < -0.3 is 14.2 Å². The van der Waals surface area contributed by atoms with E-state index in [1.807, 2.05) is 11.1 Å². The Morgan fingerprint density at radius 1 is 1.15 bits per heavy atom. The smallest absolute Gasteiger partial charge is 0.165 e. The van der Waals surface area contributed by atoms with Gasteiger partial charge in [0, 0.05) is 12.5 Å². The predicted octanol–water partition coefficient (Wildman–Crippen LogP) is 3.78. The van der Waals surface area contributed by atoms with Crippen LogP contribution in [-0.2, 0) is 25.6 Å². The molecule has 3 aliphatic rings. The Morgan fingerprint density at radius 2 is 1.89 bits per heavy atom. The Balaban J connectivity index is 1.59. The second-order valence-electron chi connectivity index (χ2n) is 9.82. The maximum atomic E-state index is 6.69. The summed E-state index contributed by atoms with van der Waals surface area (Å²) in [4.78, 5) is 6.18. The molecule has 0 aromatic heterocycles. The van der Waals surface area contributed by atoms with Crippen molar-refractivity contribution in [2.75, 3.05) is 19.8 Å². The Hall–Kier alpha value is -0.980. The molecule has 0 saturated carbocycles. The van der Waals surface area contributed by atoms with Crippen LogP contribution in [0.4, 0.5) is 0 Å². The molecule has 1 aromatic rings. The van der Waals surface area contributed by atoms with Crippen LogP contribution in [0.2, 0.25) is 0 Å². The van der Waals surface area contributed by atoms with Gasteiger partial charge in [-0.3, -0.25) is 4.84 Å². The van der Waals surface area contributed by atoms with Crippen LogP contribution in [0.1, 0.15) is 46.6 Å². The first kappa shape index (κ1) is 19.3. The van der Waals surface area contributed by atoms with Crippen molar-refractivity contribution in [1.29, 1.82) is 0 Å². The fourth-order valence-electron chi connectivity index (χ4n) is 4.68. The van der Waals surface area contributed by atoms with Crippen molar-refractivity contribution in [1.82, 2.24) is 5.06 Å². The van der Waals surface area contributed by atoms with Gasteiger partial charge in [0.15, 0.2) is 6.23 Å². The lowest BCUT2D eigenvalue weighted by Gasteiger charge is -2.48. The van der Waals surface area contributed by atoms with Crippen molar-refractivity contribution in [2.24, 2.45) is 11.3 Å². The largest absolute Gasteiger partial charge is 0.367 e. The summed E-state index contributed by atoms with van der Waals surface area (Å²) in [5, 5.41) is 1.97. The quantitative estimate of drug-likeness (QED) is 0.783. The van der Waals surface area contributed by atoms with Gasteiger partial charge in [-0.15, -0.1) is 0 Å². The lowest BCUT2D eigenvalue weighted by atomic mass is 9.76. The number of benzene rings is 1. The Bertz CT molecular complexity index is 656. The lowest BCUT2D eigenvalue weighted by Crippen LogP contribution is -2.64. The van der Waals surface area contributed by atoms with Crippen LogP contribution in [0.15, 0.2) is 30.3 Å². The van der Waals surface area contributed by atoms with Gasteiger partial charge in [-0.1, -0.05) is 51.1 Å². The monoisotopic (exact) mass is 375 g/mol. The molecule has 150 valence electrons. The van der Waals surface area contributed by atoms with Crippen LogP contribution in [0.25, 0.3) is 0 Å². The van der Waals surface area contributed by atoms with Gasteiger partial charge in [-0.05, 0) is 31.2 Å². The van der Waals surface area contributed by atoms with Crippen LogP contribution in [-0.4, -0.2) is 48.4 Å². The first-order valence-corrected chi connectivity index (χ1v) is 10.1. The van der Waals surface area contributed by atoms with E-state index in [4.69, 9.17) is 19.0 Å². The fourth-order valence-corrected chi connectivity index (χ4v) is 4.68. The van der Waals surface area contributed by atoms with Crippen LogP contribution >= 0.6 is 0 Å². The molecular formula is C22H33NO4. The molecule has 3 aliphatic heterocycles. The second kappa shape index (κ2) is 6.82. The van der Waals surface area contributed by atoms with Gasteiger partial charge in [-0.2, -0.15) is 5.06 Å². The van der Waals surface area contributed by atoms with Crippen molar-refractivity contribution < 1.29 is 19.0 Å². The number of hydrogen-bond acceptors (Lipinski definition) is 5. The molecule has 0 spiro atoms. The molecule has 0 aliphatic carbocycles. The van der Waals surface area contributed by atoms with Gasteiger partial charge in [0.1, 0.15) is 11.7 Å². The zero-order valence-corrected chi connectivity index (χ0v) is 17.2. The van der Waals surface area contributed by atoms with Gasteiger partial charge >= 0.3 is 0 Å². The van der Waals surface area contributed by atoms with E-state index in [1.54, 1.807) is 0 Å². The second-order valence-corrected chi connectivity index (χ2v) is 9.82. The number of ether oxygens (including phenoxy) is 3. The molecule has 0 radical (unpaired) electrons. The average molecular weight is 376 g/mol. The molecule has 3 heterocycles.